The Morgan fingerprint density at radius 3 is 3.04 bits per heavy atom. The zero-order chi connectivity index (χ0) is 19.2. The second-order valence-electron chi connectivity index (χ2n) is 6.71. The maximum absolute atomic E-state index is 12.4. The Labute approximate surface area is 158 Å². The lowest BCUT2D eigenvalue weighted by atomic mass is 10.1. The maximum atomic E-state index is 12.4. The summed E-state index contributed by atoms with van der Waals surface area (Å²) in [6.07, 6.45) is 2.71. The van der Waals surface area contributed by atoms with Gasteiger partial charge in [0.15, 0.2) is 5.82 Å². The van der Waals surface area contributed by atoms with Crippen LogP contribution in [0.5, 0.6) is 0 Å². The lowest BCUT2D eigenvalue weighted by Crippen LogP contribution is -2.56. The van der Waals surface area contributed by atoms with Crippen LogP contribution < -0.4 is 10.6 Å². The lowest BCUT2D eigenvalue weighted by molar-refractivity contribution is -0.134. The number of carbonyl (C=O) groups is 2. The summed E-state index contributed by atoms with van der Waals surface area (Å²) in [4.78, 5) is 26.7. The van der Waals surface area contributed by atoms with Gasteiger partial charge in [0.1, 0.15) is 17.8 Å². The molecule has 0 bridgehead atoms. The zero-order valence-electron chi connectivity index (χ0n) is 15.8. The average Bonchev–Trinajstić information content (AvgIpc) is 3.25. The molecule has 0 saturated carbocycles. The highest BCUT2D eigenvalue weighted by Gasteiger charge is 2.32. The Kier molecular flexibility index (Phi) is 6.23. The summed E-state index contributed by atoms with van der Waals surface area (Å²) in [5.41, 5.74) is 0. The number of nitrogens with one attached hydrogen (secondary N) is 2. The molecule has 2 amide bonds. The van der Waals surface area contributed by atoms with Gasteiger partial charge in [0.2, 0.25) is 11.8 Å². The SMILES string of the molecule is CCCn1cnnc1CNC(=O)C[C@H]1C(=O)NCCN1Cc1ccc(C)o1. The summed E-state index contributed by atoms with van der Waals surface area (Å²) >= 11 is 0. The van der Waals surface area contributed by atoms with Gasteiger partial charge in [-0.15, -0.1) is 10.2 Å². The first kappa shape index (κ1) is 19.1. The molecular formula is C18H26N6O3. The normalized spacial score (nSPS) is 17.7. The van der Waals surface area contributed by atoms with Gasteiger partial charge >= 0.3 is 0 Å². The summed E-state index contributed by atoms with van der Waals surface area (Å²) < 4.78 is 7.53. The molecule has 2 aromatic rings. The minimum absolute atomic E-state index is 0.0907. The Hall–Kier alpha value is -2.68. The number of amides is 2. The number of aromatic nitrogens is 3. The molecule has 0 aliphatic carbocycles. The van der Waals surface area contributed by atoms with E-state index in [1.165, 1.54) is 0 Å². The highest BCUT2D eigenvalue weighted by molar-refractivity contribution is 5.88. The van der Waals surface area contributed by atoms with E-state index in [4.69, 9.17) is 4.42 Å². The van der Waals surface area contributed by atoms with Crippen LogP contribution in [0.2, 0.25) is 0 Å². The molecule has 146 valence electrons. The largest absolute Gasteiger partial charge is 0.465 e. The molecule has 1 saturated heterocycles. The van der Waals surface area contributed by atoms with Crippen molar-refractivity contribution in [2.45, 2.75) is 52.4 Å². The van der Waals surface area contributed by atoms with Gasteiger partial charge < -0.3 is 19.6 Å². The van der Waals surface area contributed by atoms with E-state index in [-0.39, 0.29) is 18.2 Å². The average molecular weight is 374 g/mol. The van der Waals surface area contributed by atoms with Crippen molar-refractivity contribution in [3.8, 4) is 0 Å². The third kappa shape index (κ3) is 4.94. The molecule has 9 heteroatoms. The van der Waals surface area contributed by atoms with Gasteiger partial charge in [-0.3, -0.25) is 14.5 Å². The molecule has 2 N–H and O–H groups in total. The van der Waals surface area contributed by atoms with Crippen LogP contribution in [0.1, 0.15) is 37.1 Å². The number of hydrogen-bond acceptors (Lipinski definition) is 6. The Morgan fingerprint density at radius 2 is 2.30 bits per heavy atom. The van der Waals surface area contributed by atoms with Gasteiger partial charge in [-0.05, 0) is 25.5 Å². The molecule has 3 rings (SSSR count). The van der Waals surface area contributed by atoms with E-state index in [1.807, 2.05) is 28.5 Å². The lowest BCUT2D eigenvalue weighted by Gasteiger charge is -2.34. The summed E-state index contributed by atoms with van der Waals surface area (Å²) in [5, 5.41) is 13.6. The molecular weight excluding hydrogens is 348 g/mol. The molecule has 0 aromatic carbocycles. The standard InChI is InChI=1S/C18H26N6O3/c1-3-7-24-12-21-22-16(24)10-20-17(25)9-15-18(26)19-6-8-23(15)11-14-5-4-13(2)27-14/h4-5,12,15H,3,6-11H2,1-2H3,(H,19,26)(H,20,25)/t15-/m0/s1. The first-order valence-electron chi connectivity index (χ1n) is 9.27. The minimum atomic E-state index is -0.516. The van der Waals surface area contributed by atoms with Gasteiger partial charge in [0.05, 0.1) is 25.6 Å². The van der Waals surface area contributed by atoms with Crippen molar-refractivity contribution in [1.29, 1.82) is 0 Å². The van der Waals surface area contributed by atoms with Gasteiger partial charge in [0, 0.05) is 19.6 Å². The van der Waals surface area contributed by atoms with Crippen LogP contribution in [-0.4, -0.2) is 50.6 Å². The van der Waals surface area contributed by atoms with E-state index >= 15 is 0 Å². The molecule has 27 heavy (non-hydrogen) atoms. The zero-order valence-corrected chi connectivity index (χ0v) is 15.8. The molecule has 1 aliphatic heterocycles. The third-order valence-corrected chi connectivity index (χ3v) is 4.58. The highest BCUT2D eigenvalue weighted by atomic mass is 16.3. The van der Waals surface area contributed by atoms with Crippen molar-refractivity contribution in [3.05, 3.63) is 35.8 Å². The monoisotopic (exact) mass is 374 g/mol. The predicted octanol–water partition coefficient (Wildman–Crippen LogP) is 0.596. The molecule has 2 aromatic heterocycles. The van der Waals surface area contributed by atoms with Gasteiger partial charge in [-0.25, -0.2) is 0 Å². The van der Waals surface area contributed by atoms with Crippen molar-refractivity contribution in [2.75, 3.05) is 13.1 Å². The fourth-order valence-corrected chi connectivity index (χ4v) is 3.21. The van der Waals surface area contributed by atoms with Crippen molar-refractivity contribution >= 4 is 11.8 Å². The number of aryl methyl sites for hydroxylation is 2. The van der Waals surface area contributed by atoms with Gasteiger partial charge in [-0.2, -0.15) is 0 Å². The van der Waals surface area contributed by atoms with Crippen molar-refractivity contribution < 1.29 is 14.0 Å². The fraction of sp³-hybridized carbons (Fsp3) is 0.556. The third-order valence-electron chi connectivity index (χ3n) is 4.58. The Morgan fingerprint density at radius 1 is 1.44 bits per heavy atom. The summed E-state index contributed by atoms with van der Waals surface area (Å²) in [5.74, 6) is 2.01. The van der Waals surface area contributed by atoms with Crippen LogP contribution in [0, 0.1) is 6.92 Å². The fourth-order valence-electron chi connectivity index (χ4n) is 3.21. The van der Waals surface area contributed by atoms with E-state index in [0.29, 0.717) is 32.0 Å². The number of nitrogens with zero attached hydrogens (tertiary/aromatic N) is 4. The summed E-state index contributed by atoms with van der Waals surface area (Å²) in [6, 6.07) is 3.28. The van der Waals surface area contributed by atoms with Crippen molar-refractivity contribution in [2.24, 2.45) is 0 Å². The predicted molar refractivity (Wildman–Crippen MR) is 97.4 cm³/mol. The second-order valence-corrected chi connectivity index (χ2v) is 6.71. The molecule has 1 aliphatic rings. The first-order chi connectivity index (χ1) is 13.1. The van der Waals surface area contributed by atoms with Crippen LogP contribution in [0.15, 0.2) is 22.9 Å². The van der Waals surface area contributed by atoms with E-state index in [2.05, 4.69) is 27.8 Å². The van der Waals surface area contributed by atoms with Crippen molar-refractivity contribution in [3.63, 3.8) is 0 Å². The van der Waals surface area contributed by atoms with Crippen LogP contribution >= 0.6 is 0 Å². The van der Waals surface area contributed by atoms with E-state index in [0.717, 1.165) is 24.5 Å². The number of furan rings is 1. The molecule has 1 fully saturated rings. The van der Waals surface area contributed by atoms with Gasteiger partial charge in [0.25, 0.3) is 0 Å². The Balaban J connectivity index is 1.57. The van der Waals surface area contributed by atoms with Crippen LogP contribution in [0.3, 0.4) is 0 Å². The smallest absolute Gasteiger partial charge is 0.237 e. The highest BCUT2D eigenvalue weighted by Crippen LogP contribution is 2.16. The quantitative estimate of drug-likeness (QED) is 0.701. The molecule has 9 nitrogen and oxygen atoms in total. The molecule has 1 atom stereocenters. The van der Waals surface area contributed by atoms with E-state index in [1.54, 1.807) is 6.33 Å². The summed E-state index contributed by atoms with van der Waals surface area (Å²) in [6.45, 7) is 6.80. The molecule has 3 heterocycles. The summed E-state index contributed by atoms with van der Waals surface area (Å²) in [7, 11) is 0. The van der Waals surface area contributed by atoms with E-state index < -0.39 is 6.04 Å². The maximum Gasteiger partial charge on any atom is 0.237 e. The minimum Gasteiger partial charge on any atom is -0.465 e. The second kappa shape index (κ2) is 8.81. The number of rotatable bonds is 8. The number of carbonyl (C=O) groups excluding carboxylic acids is 2. The van der Waals surface area contributed by atoms with Crippen molar-refractivity contribution in [1.82, 2.24) is 30.3 Å². The Bertz CT molecular complexity index is 784. The molecule has 0 radical (unpaired) electrons. The van der Waals surface area contributed by atoms with Gasteiger partial charge in [-0.1, -0.05) is 6.92 Å². The topological polar surface area (TPSA) is 105 Å². The van der Waals surface area contributed by atoms with Crippen LogP contribution in [0.25, 0.3) is 0 Å². The molecule has 0 unspecified atom stereocenters. The van der Waals surface area contributed by atoms with Crippen LogP contribution in [0.4, 0.5) is 0 Å². The number of hydrogen-bond donors (Lipinski definition) is 2. The van der Waals surface area contributed by atoms with Crippen LogP contribution in [-0.2, 0) is 29.2 Å². The first-order valence-corrected chi connectivity index (χ1v) is 9.27. The molecule has 0 spiro atoms. The number of piperazine rings is 1. The van der Waals surface area contributed by atoms with E-state index in [9.17, 15) is 9.59 Å².